The molecule has 0 spiro atoms. The smallest absolute Gasteiger partial charge is 0.196 e. The molecule has 3 aliphatic heterocycles. The fraction of sp³-hybridized carbons (Fsp3) is 0.550. The minimum Gasteiger partial charge on any atom is -0.468 e. The summed E-state index contributed by atoms with van der Waals surface area (Å²) in [5.74, 6) is 1.21. The third-order valence-electron chi connectivity index (χ3n) is 5.66. The number of ether oxygens (including phenoxy) is 1. The third kappa shape index (κ3) is 2.31. The highest BCUT2D eigenvalue weighted by Crippen LogP contribution is 2.46. The number of rotatable bonds is 1. The van der Waals surface area contributed by atoms with Crippen molar-refractivity contribution in [2.45, 2.75) is 64.7 Å². The summed E-state index contributed by atoms with van der Waals surface area (Å²) in [6, 6.07) is 2.62. The van der Waals surface area contributed by atoms with Crippen LogP contribution in [0.4, 0.5) is 0 Å². The molecule has 4 heteroatoms. The van der Waals surface area contributed by atoms with Gasteiger partial charge in [0.05, 0.1) is 0 Å². The largest absolute Gasteiger partial charge is 0.468 e. The summed E-state index contributed by atoms with van der Waals surface area (Å²) in [6.45, 7) is 0.987. The van der Waals surface area contributed by atoms with E-state index in [1.165, 1.54) is 26.5 Å². The Morgan fingerprint density at radius 2 is 2.38 bits per heavy atom. The number of nitrogens with zero attached hydrogens (tertiary/aromatic N) is 1. The van der Waals surface area contributed by atoms with Crippen LogP contribution >= 0.6 is 11.3 Å². The van der Waals surface area contributed by atoms with Crippen molar-refractivity contribution in [2.24, 2.45) is 10.9 Å². The number of hydrogen-bond donors (Lipinski definition) is 1. The number of nitrogens with one attached hydrogen (secondary N) is 1. The molecular formula is C20H24N2OS. The molecule has 0 bridgehead atoms. The highest BCUT2D eigenvalue weighted by molar-refractivity contribution is 7.12. The van der Waals surface area contributed by atoms with E-state index in [4.69, 9.17) is 8.85 Å². The van der Waals surface area contributed by atoms with Crippen molar-refractivity contribution < 1.29 is 8.85 Å². The number of thiophene rings is 1. The predicted octanol–water partition coefficient (Wildman–Crippen LogP) is 4.27. The van der Waals surface area contributed by atoms with Gasteiger partial charge in [0, 0.05) is 38.1 Å². The second kappa shape index (κ2) is 5.57. The van der Waals surface area contributed by atoms with Crippen molar-refractivity contribution in [2.75, 3.05) is 0 Å². The van der Waals surface area contributed by atoms with Crippen molar-refractivity contribution in [3.05, 3.63) is 44.4 Å². The van der Waals surface area contributed by atoms with Crippen LogP contribution in [0.1, 0.15) is 52.0 Å². The first-order valence-electron chi connectivity index (χ1n) is 10.4. The van der Waals surface area contributed by atoms with Gasteiger partial charge in [-0.3, -0.25) is 4.99 Å². The number of hydrogen-bond acceptors (Lipinski definition) is 4. The van der Waals surface area contributed by atoms with Crippen LogP contribution < -0.4 is 5.32 Å². The molecule has 1 saturated heterocycles. The highest BCUT2D eigenvalue weighted by atomic mass is 32.1. The van der Waals surface area contributed by atoms with Crippen LogP contribution in [0.25, 0.3) is 0 Å². The van der Waals surface area contributed by atoms with Crippen molar-refractivity contribution in [3.8, 4) is 0 Å². The van der Waals surface area contributed by atoms with Gasteiger partial charge in [0.2, 0.25) is 0 Å². The van der Waals surface area contributed by atoms with Gasteiger partial charge in [-0.25, -0.2) is 0 Å². The minimum atomic E-state index is -2.11. The van der Waals surface area contributed by atoms with Gasteiger partial charge in [-0.1, -0.05) is 6.08 Å². The van der Waals surface area contributed by atoms with Crippen LogP contribution in [0.5, 0.6) is 0 Å². The van der Waals surface area contributed by atoms with E-state index < -0.39 is 6.85 Å². The Bertz CT molecular complexity index is 880. The van der Waals surface area contributed by atoms with E-state index in [1.807, 2.05) is 11.3 Å². The average Bonchev–Trinajstić information content (AvgIpc) is 3.18. The van der Waals surface area contributed by atoms with Crippen LogP contribution in [-0.4, -0.2) is 18.0 Å². The Balaban J connectivity index is 1.46. The molecule has 0 saturated carbocycles. The lowest BCUT2D eigenvalue weighted by Gasteiger charge is -2.29. The molecule has 3 nitrogen and oxygen atoms in total. The van der Waals surface area contributed by atoms with E-state index in [0.29, 0.717) is 18.2 Å². The predicted molar refractivity (Wildman–Crippen MR) is 98.4 cm³/mol. The highest BCUT2D eigenvalue weighted by Gasteiger charge is 2.42. The fourth-order valence-corrected chi connectivity index (χ4v) is 5.56. The normalized spacial score (nSPS) is 34.0. The topological polar surface area (TPSA) is 33.6 Å². The van der Waals surface area contributed by atoms with Crippen LogP contribution in [0.15, 0.2) is 34.0 Å². The Kier molecular flexibility index (Phi) is 2.79. The van der Waals surface area contributed by atoms with E-state index in [-0.39, 0.29) is 12.1 Å². The molecule has 1 fully saturated rings. The summed E-state index contributed by atoms with van der Waals surface area (Å²) in [5.41, 5.74) is 4.40. The molecular weight excluding hydrogens is 316 g/mol. The van der Waals surface area contributed by atoms with Gasteiger partial charge in [0.15, 0.2) is 6.23 Å². The number of fused-ring (bicyclic) bond motifs is 4. The molecule has 0 aromatic carbocycles. The lowest BCUT2D eigenvalue weighted by Crippen LogP contribution is -2.37. The standard InChI is InChI=1S/C20H24N2OS/c1-11-6-7-15-14-4-3-5-16(19(14)23-20(15)22-11)17-9-13-8-12(2)24-18(13)10-21-17/h4,8,15,17,20-21H,3,5-7,9-10H2,1-2H3/t15?,17-,20?/m1/s1/i1D3. The zero-order valence-corrected chi connectivity index (χ0v) is 14.7. The summed E-state index contributed by atoms with van der Waals surface area (Å²) >= 11 is 1.88. The van der Waals surface area contributed by atoms with E-state index in [1.54, 1.807) is 0 Å². The van der Waals surface area contributed by atoms with Crippen LogP contribution in [0.3, 0.4) is 0 Å². The van der Waals surface area contributed by atoms with Crippen molar-refractivity contribution >= 4 is 17.0 Å². The summed E-state index contributed by atoms with van der Waals surface area (Å²) in [7, 11) is 0. The van der Waals surface area contributed by atoms with E-state index in [2.05, 4.69) is 29.4 Å². The molecule has 24 heavy (non-hydrogen) atoms. The number of allylic oxidation sites excluding steroid dienone is 2. The van der Waals surface area contributed by atoms with Gasteiger partial charge < -0.3 is 10.1 Å². The maximum Gasteiger partial charge on any atom is 0.196 e. The Morgan fingerprint density at radius 1 is 1.42 bits per heavy atom. The second-order valence-corrected chi connectivity index (χ2v) is 8.57. The summed E-state index contributed by atoms with van der Waals surface area (Å²) < 4.78 is 29.3. The van der Waals surface area contributed by atoms with Gasteiger partial charge in [-0.05, 0) is 68.7 Å². The van der Waals surface area contributed by atoms with Crippen LogP contribution in [0.2, 0.25) is 0 Å². The second-order valence-electron chi connectivity index (χ2n) is 7.22. The lowest BCUT2D eigenvalue weighted by atomic mass is 9.82. The maximum absolute atomic E-state index is 7.66. The monoisotopic (exact) mass is 343 g/mol. The first-order valence-corrected chi connectivity index (χ1v) is 9.70. The first-order chi connectivity index (χ1) is 12.9. The van der Waals surface area contributed by atoms with E-state index in [9.17, 15) is 0 Å². The Hall–Kier alpha value is -1.39. The molecule has 5 rings (SSSR count). The van der Waals surface area contributed by atoms with Gasteiger partial charge in [-0.15, -0.1) is 11.3 Å². The molecule has 4 heterocycles. The van der Waals surface area contributed by atoms with E-state index >= 15 is 0 Å². The van der Waals surface area contributed by atoms with Crippen molar-refractivity contribution in [3.63, 3.8) is 0 Å². The lowest BCUT2D eigenvalue weighted by molar-refractivity contribution is 0.128. The van der Waals surface area contributed by atoms with Crippen molar-refractivity contribution in [1.29, 1.82) is 0 Å². The molecule has 1 aromatic rings. The molecule has 1 N–H and O–H groups in total. The molecule has 4 aliphatic rings. The number of aryl methyl sites for hydroxylation is 1. The Morgan fingerprint density at radius 3 is 3.29 bits per heavy atom. The first kappa shape index (κ1) is 12.0. The number of aliphatic imine (C=N–C) groups is 1. The molecule has 3 atom stereocenters. The molecule has 0 amide bonds. The minimum absolute atomic E-state index is 0.212. The zero-order chi connectivity index (χ0) is 18.8. The molecule has 1 aliphatic carbocycles. The summed E-state index contributed by atoms with van der Waals surface area (Å²) in [5, 5.41) is 3.70. The van der Waals surface area contributed by atoms with Crippen LogP contribution in [-0.2, 0) is 17.7 Å². The van der Waals surface area contributed by atoms with E-state index in [0.717, 1.165) is 38.0 Å². The Labute approximate surface area is 151 Å². The molecule has 0 radical (unpaired) electrons. The SMILES string of the molecule is [2H]C([2H])([2H])C1=NC2OC3=C([C@H]4Cc5cc(C)sc5CN4)CCC=C3C2CC1. The third-order valence-corrected chi connectivity index (χ3v) is 6.76. The van der Waals surface area contributed by atoms with Gasteiger partial charge in [0.1, 0.15) is 5.76 Å². The van der Waals surface area contributed by atoms with Gasteiger partial charge in [0.25, 0.3) is 0 Å². The quantitative estimate of drug-likeness (QED) is 0.826. The molecule has 1 aromatic heterocycles. The molecule has 2 unspecified atom stereocenters. The van der Waals surface area contributed by atoms with Gasteiger partial charge in [-0.2, -0.15) is 0 Å². The van der Waals surface area contributed by atoms with Gasteiger partial charge >= 0.3 is 0 Å². The summed E-state index contributed by atoms with van der Waals surface area (Å²) in [4.78, 5) is 7.32. The molecule has 126 valence electrons. The van der Waals surface area contributed by atoms with Crippen LogP contribution in [0, 0.1) is 12.8 Å². The summed E-state index contributed by atoms with van der Waals surface area (Å²) in [6.07, 6.45) is 6.34. The maximum atomic E-state index is 7.66. The van der Waals surface area contributed by atoms with Crippen molar-refractivity contribution in [1.82, 2.24) is 5.32 Å². The zero-order valence-electron chi connectivity index (χ0n) is 16.9. The fourth-order valence-electron chi connectivity index (χ4n) is 4.54. The average molecular weight is 344 g/mol.